The largest absolute Gasteiger partial charge is 0.369 e. The number of hydrogen-bond acceptors (Lipinski definition) is 4. The fourth-order valence-corrected chi connectivity index (χ4v) is 3.99. The first-order valence-electron chi connectivity index (χ1n) is 11.4. The zero-order valence-corrected chi connectivity index (χ0v) is 22.2. The van der Waals surface area contributed by atoms with Gasteiger partial charge in [-0.2, -0.15) is 0 Å². The maximum atomic E-state index is 11.8. The zero-order valence-electron chi connectivity index (χ0n) is 19.9. The Bertz CT molecular complexity index is 883. The molecule has 0 saturated carbocycles. The molecular formula is C25H37IN6O. The van der Waals surface area contributed by atoms with Crippen LogP contribution in [-0.2, 0) is 6.42 Å². The molecule has 1 heterocycles. The number of anilines is 1. The van der Waals surface area contributed by atoms with E-state index >= 15 is 0 Å². The van der Waals surface area contributed by atoms with Crippen LogP contribution in [-0.4, -0.2) is 76.2 Å². The van der Waals surface area contributed by atoms with Gasteiger partial charge in [0.1, 0.15) is 0 Å². The lowest BCUT2D eigenvalue weighted by atomic mass is 10.1. The number of carbonyl (C=O) groups is 1. The van der Waals surface area contributed by atoms with Gasteiger partial charge < -0.3 is 20.9 Å². The van der Waals surface area contributed by atoms with Gasteiger partial charge in [0, 0.05) is 70.7 Å². The van der Waals surface area contributed by atoms with E-state index in [4.69, 9.17) is 0 Å². The Balaban J connectivity index is 0.00000385. The second-order valence-corrected chi connectivity index (χ2v) is 8.12. The number of para-hydroxylation sites is 1. The zero-order chi connectivity index (χ0) is 22.8. The molecule has 1 aliphatic rings. The highest BCUT2D eigenvalue weighted by Crippen LogP contribution is 2.16. The number of carbonyl (C=O) groups excluding carboxylic acids is 1. The molecule has 7 nitrogen and oxygen atoms in total. The molecule has 33 heavy (non-hydrogen) atoms. The number of guanidine groups is 1. The van der Waals surface area contributed by atoms with Gasteiger partial charge in [0.05, 0.1) is 0 Å². The Morgan fingerprint density at radius 2 is 1.76 bits per heavy atom. The molecule has 0 radical (unpaired) electrons. The minimum Gasteiger partial charge on any atom is -0.369 e. The summed E-state index contributed by atoms with van der Waals surface area (Å²) in [7, 11) is 3.45. The van der Waals surface area contributed by atoms with Crippen molar-refractivity contribution in [1.29, 1.82) is 0 Å². The summed E-state index contributed by atoms with van der Waals surface area (Å²) in [5, 5.41) is 9.50. The number of benzene rings is 2. The summed E-state index contributed by atoms with van der Waals surface area (Å²) < 4.78 is 0. The molecular weight excluding hydrogens is 527 g/mol. The second kappa shape index (κ2) is 14.0. The molecule has 180 valence electrons. The number of aliphatic imine (C=N–C) groups is 1. The SMILES string of the molecule is CN=C(NCCc1cccc(C(=O)NC)c1)NCC(C)N1CCN(c2ccccc2)CC1.I. The van der Waals surface area contributed by atoms with E-state index in [1.54, 1.807) is 14.1 Å². The van der Waals surface area contributed by atoms with Crippen LogP contribution in [0.2, 0.25) is 0 Å². The van der Waals surface area contributed by atoms with Crippen LogP contribution in [0.3, 0.4) is 0 Å². The maximum absolute atomic E-state index is 11.8. The molecule has 8 heteroatoms. The van der Waals surface area contributed by atoms with E-state index in [0.717, 1.165) is 57.2 Å². The molecule has 1 atom stereocenters. The third-order valence-electron chi connectivity index (χ3n) is 5.97. The van der Waals surface area contributed by atoms with Crippen molar-refractivity contribution in [2.75, 3.05) is 58.3 Å². The summed E-state index contributed by atoms with van der Waals surface area (Å²) in [6.07, 6.45) is 0.822. The quantitative estimate of drug-likeness (QED) is 0.261. The molecule has 0 aromatic heterocycles. The van der Waals surface area contributed by atoms with E-state index in [-0.39, 0.29) is 29.9 Å². The van der Waals surface area contributed by atoms with Crippen LogP contribution in [0, 0.1) is 0 Å². The highest BCUT2D eigenvalue weighted by molar-refractivity contribution is 14.0. The molecule has 1 saturated heterocycles. The number of nitrogens with zero attached hydrogens (tertiary/aromatic N) is 3. The summed E-state index contributed by atoms with van der Waals surface area (Å²) in [6.45, 7) is 8.09. The van der Waals surface area contributed by atoms with Crippen LogP contribution in [0.1, 0.15) is 22.8 Å². The highest BCUT2D eigenvalue weighted by Gasteiger charge is 2.21. The highest BCUT2D eigenvalue weighted by atomic mass is 127. The molecule has 2 aromatic carbocycles. The van der Waals surface area contributed by atoms with E-state index < -0.39 is 0 Å². The van der Waals surface area contributed by atoms with Gasteiger partial charge in [0.25, 0.3) is 5.91 Å². The van der Waals surface area contributed by atoms with E-state index in [1.165, 1.54) is 5.69 Å². The third-order valence-corrected chi connectivity index (χ3v) is 5.97. The number of hydrogen-bond donors (Lipinski definition) is 3. The predicted molar refractivity (Wildman–Crippen MR) is 148 cm³/mol. The van der Waals surface area contributed by atoms with Crippen molar-refractivity contribution in [3.05, 3.63) is 65.7 Å². The fraction of sp³-hybridized carbons (Fsp3) is 0.440. The first-order chi connectivity index (χ1) is 15.6. The smallest absolute Gasteiger partial charge is 0.251 e. The van der Waals surface area contributed by atoms with Gasteiger partial charge in [-0.25, -0.2) is 0 Å². The number of piperazine rings is 1. The third kappa shape index (κ3) is 8.19. The van der Waals surface area contributed by atoms with Crippen molar-refractivity contribution in [1.82, 2.24) is 20.9 Å². The Labute approximate surface area is 215 Å². The topological polar surface area (TPSA) is 72.0 Å². The lowest BCUT2D eigenvalue weighted by Gasteiger charge is -2.39. The average Bonchev–Trinajstić information content (AvgIpc) is 2.86. The normalized spacial score (nSPS) is 15.4. The molecule has 1 unspecified atom stereocenters. The summed E-state index contributed by atoms with van der Waals surface area (Å²) in [5.74, 6) is 0.748. The van der Waals surface area contributed by atoms with Crippen LogP contribution in [0.4, 0.5) is 5.69 Å². The maximum Gasteiger partial charge on any atom is 0.251 e. The minimum absolute atomic E-state index is 0. The summed E-state index contributed by atoms with van der Waals surface area (Å²) in [4.78, 5) is 21.1. The average molecular weight is 565 g/mol. The van der Waals surface area contributed by atoms with Crippen molar-refractivity contribution in [2.45, 2.75) is 19.4 Å². The molecule has 1 aliphatic heterocycles. The van der Waals surface area contributed by atoms with Crippen molar-refractivity contribution in [3.8, 4) is 0 Å². The Hall–Kier alpha value is -2.33. The molecule has 2 aromatic rings. The molecule has 3 N–H and O–H groups in total. The van der Waals surface area contributed by atoms with Crippen molar-refractivity contribution < 1.29 is 4.79 Å². The van der Waals surface area contributed by atoms with Crippen LogP contribution in [0.25, 0.3) is 0 Å². The number of nitrogens with one attached hydrogen (secondary N) is 3. The van der Waals surface area contributed by atoms with Gasteiger partial charge in [-0.05, 0) is 43.2 Å². The van der Waals surface area contributed by atoms with Gasteiger partial charge >= 0.3 is 0 Å². The standard InChI is InChI=1S/C25H36N6O.HI/c1-20(30-14-16-31(17-15-30)23-10-5-4-6-11-23)19-29-25(27-3)28-13-12-21-8-7-9-22(18-21)24(32)26-2;/h4-11,18,20H,12-17,19H2,1-3H3,(H,26,32)(H2,27,28,29);1H. The van der Waals surface area contributed by atoms with Crippen LogP contribution in [0.15, 0.2) is 59.6 Å². The Morgan fingerprint density at radius 3 is 2.42 bits per heavy atom. The number of amides is 1. The number of rotatable bonds is 8. The summed E-state index contributed by atoms with van der Waals surface area (Å²) in [6, 6.07) is 18.8. The summed E-state index contributed by atoms with van der Waals surface area (Å²) in [5.41, 5.74) is 3.12. The summed E-state index contributed by atoms with van der Waals surface area (Å²) >= 11 is 0. The van der Waals surface area contributed by atoms with Gasteiger partial charge in [0.2, 0.25) is 0 Å². The minimum atomic E-state index is -0.0594. The van der Waals surface area contributed by atoms with Gasteiger partial charge in [-0.3, -0.25) is 14.7 Å². The molecule has 0 spiro atoms. The molecule has 1 fully saturated rings. The lowest BCUT2D eigenvalue weighted by Crippen LogP contribution is -2.53. The van der Waals surface area contributed by atoms with Gasteiger partial charge in [0.15, 0.2) is 5.96 Å². The van der Waals surface area contributed by atoms with Crippen molar-refractivity contribution >= 4 is 41.5 Å². The monoisotopic (exact) mass is 564 g/mol. The predicted octanol–water partition coefficient (Wildman–Crippen LogP) is 2.58. The lowest BCUT2D eigenvalue weighted by molar-refractivity contribution is 0.0963. The fourth-order valence-electron chi connectivity index (χ4n) is 3.99. The van der Waals surface area contributed by atoms with E-state index in [0.29, 0.717) is 11.6 Å². The molecule has 3 rings (SSSR count). The van der Waals surface area contributed by atoms with Crippen LogP contribution in [0.5, 0.6) is 0 Å². The van der Waals surface area contributed by atoms with Crippen molar-refractivity contribution in [2.24, 2.45) is 4.99 Å². The van der Waals surface area contributed by atoms with Gasteiger partial charge in [-0.15, -0.1) is 24.0 Å². The first-order valence-corrected chi connectivity index (χ1v) is 11.4. The van der Waals surface area contributed by atoms with E-state index in [2.05, 4.69) is 68.0 Å². The van der Waals surface area contributed by atoms with Crippen LogP contribution < -0.4 is 20.9 Å². The van der Waals surface area contributed by atoms with E-state index in [1.807, 2.05) is 24.3 Å². The second-order valence-electron chi connectivity index (χ2n) is 8.12. The Morgan fingerprint density at radius 1 is 1.03 bits per heavy atom. The molecule has 0 aliphatic carbocycles. The Kier molecular flexibility index (Phi) is 11.5. The van der Waals surface area contributed by atoms with Crippen LogP contribution >= 0.6 is 24.0 Å². The van der Waals surface area contributed by atoms with Gasteiger partial charge in [-0.1, -0.05) is 30.3 Å². The first kappa shape index (κ1) is 26.9. The molecule has 1 amide bonds. The number of halogens is 1. The van der Waals surface area contributed by atoms with Crippen molar-refractivity contribution in [3.63, 3.8) is 0 Å². The molecule has 0 bridgehead atoms. The van der Waals surface area contributed by atoms with E-state index in [9.17, 15) is 4.79 Å².